The van der Waals surface area contributed by atoms with E-state index in [4.69, 9.17) is 9.47 Å². The molecule has 4 aromatic rings. The average Bonchev–Trinajstić information content (AvgIpc) is 3.20. The number of rotatable bonds is 6. The summed E-state index contributed by atoms with van der Waals surface area (Å²) in [7, 11) is 1.55. The zero-order valence-electron chi connectivity index (χ0n) is 15.8. The molecule has 2 aromatic carbocycles. The third kappa shape index (κ3) is 3.83. The van der Waals surface area contributed by atoms with Gasteiger partial charge in [0.1, 0.15) is 29.0 Å². The first-order valence-corrected chi connectivity index (χ1v) is 8.83. The molecular formula is C20H16FN5O4. The molecule has 0 radical (unpaired) electrons. The van der Waals surface area contributed by atoms with Crippen LogP contribution in [-0.4, -0.2) is 39.1 Å². The highest BCUT2D eigenvalue weighted by Gasteiger charge is 2.13. The Hall–Kier alpha value is -4.21. The van der Waals surface area contributed by atoms with Crippen LogP contribution in [0.4, 0.5) is 4.39 Å². The minimum absolute atomic E-state index is 0.193. The number of carbonyl (C=O) groups is 1. The Morgan fingerprint density at radius 2 is 1.80 bits per heavy atom. The van der Waals surface area contributed by atoms with Gasteiger partial charge in [0, 0.05) is 0 Å². The largest absolute Gasteiger partial charge is 0.497 e. The van der Waals surface area contributed by atoms with Gasteiger partial charge in [0.15, 0.2) is 12.3 Å². The number of benzene rings is 2. The van der Waals surface area contributed by atoms with Crippen LogP contribution >= 0.6 is 0 Å². The Labute approximate surface area is 169 Å². The molecule has 10 heteroatoms. The highest BCUT2D eigenvalue weighted by Crippen LogP contribution is 2.17. The lowest BCUT2D eigenvalue weighted by Crippen LogP contribution is -2.35. The van der Waals surface area contributed by atoms with Crippen LogP contribution in [0.3, 0.4) is 0 Å². The van der Waals surface area contributed by atoms with Crippen LogP contribution in [0, 0.1) is 5.82 Å². The number of amides is 1. The molecule has 1 amide bonds. The fourth-order valence-electron chi connectivity index (χ4n) is 2.75. The van der Waals surface area contributed by atoms with E-state index in [1.54, 1.807) is 31.4 Å². The van der Waals surface area contributed by atoms with E-state index in [1.165, 1.54) is 41.5 Å². The monoisotopic (exact) mass is 409 g/mol. The third-order valence-electron chi connectivity index (χ3n) is 4.23. The maximum absolute atomic E-state index is 13.1. The molecule has 0 aliphatic heterocycles. The molecule has 2 heterocycles. The molecule has 2 aromatic heterocycles. The Morgan fingerprint density at radius 1 is 1.10 bits per heavy atom. The van der Waals surface area contributed by atoms with Gasteiger partial charge in [-0.3, -0.25) is 15.0 Å². The molecule has 0 atom stereocenters. The van der Waals surface area contributed by atoms with E-state index in [0.29, 0.717) is 17.2 Å². The molecule has 0 aliphatic carbocycles. The van der Waals surface area contributed by atoms with Crippen molar-refractivity contribution in [2.75, 3.05) is 19.1 Å². The molecule has 0 unspecified atom stereocenters. The van der Waals surface area contributed by atoms with Gasteiger partial charge >= 0.3 is 0 Å². The summed E-state index contributed by atoms with van der Waals surface area (Å²) in [5.74, 6) is 0.219. The normalized spacial score (nSPS) is 10.7. The first-order chi connectivity index (χ1) is 14.5. The maximum Gasteiger partial charge on any atom is 0.283 e. The predicted molar refractivity (Wildman–Crippen MR) is 106 cm³/mol. The number of hydrogen-bond donors (Lipinski definition) is 1. The lowest BCUT2D eigenvalue weighted by molar-refractivity contribution is -0.119. The van der Waals surface area contributed by atoms with E-state index >= 15 is 0 Å². The molecule has 0 fully saturated rings. The minimum atomic E-state index is -0.542. The van der Waals surface area contributed by atoms with Gasteiger partial charge < -0.3 is 9.47 Å². The van der Waals surface area contributed by atoms with Gasteiger partial charge in [-0.15, -0.1) is 0 Å². The Kier molecular flexibility index (Phi) is 5.12. The van der Waals surface area contributed by atoms with Crippen LogP contribution in [0.2, 0.25) is 0 Å². The number of halogens is 1. The summed E-state index contributed by atoms with van der Waals surface area (Å²) in [6, 6.07) is 12.3. The second-order valence-electron chi connectivity index (χ2n) is 6.19. The second kappa shape index (κ2) is 8.03. The first-order valence-electron chi connectivity index (χ1n) is 8.83. The van der Waals surface area contributed by atoms with Gasteiger partial charge in [0.2, 0.25) is 0 Å². The van der Waals surface area contributed by atoms with Gasteiger partial charge in [0.25, 0.3) is 11.5 Å². The molecule has 0 aliphatic rings. The summed E-state index contributed by atoms with van der Waals surface area (Å²) < 4.78 is 25.9. The van der Waals surface area contributed by atoms with E-state index in [0.717, 1.165) is 4.68 Å². The minimum Gasteiger partial charge on any atom is -0.497 e. The third-order valence-corrected chi connectivity index (χ3v) is 4.23. The van der Waals surface area contributed by atoms with Crippen LogP contribution in [0.25, 0.3) is 16.7 Å². The molecule has 30 heavy (non-hydrogen) atoms. The van der Waals surface area contributed by atoms with Crippen molar-refractivity contribution in [1.82, 2.24) is 19.4 Å². The summed E-state index contributed by atoms with van der Waals surface area (Å²) in [5.41, 5.74) is 2.74. The molecule has 0 spiro atoms. The fourth-order valence-corrected chi connectivity index (χ4v) is 2.75. The summed E-state index contributed by atoms with van der Waals surface area (Å²) >= 11 is 0. The van der Waals surface area contributed by atoms with E-state index in [9.17, 15) is 14.0 Å². The van der Waals surface area contributed by atoms with Crippen LogP contribution in [-0.2, 0) is 4.79 Å². The van der Waals surface area contributed by atoms with E-state index < -0.39 is 11.5 Å². The summed E-state index contributed by atoms with van der Waals surface area (Å²) in [4.78, 5) is 29.0. The van der Waals surface area contributed by atoms with Crippen molar-refractivity contribution in [3.63, 3.8) is 0 Å². The average molecular weight is 409 g/mol. The van der Waals surface area contributed by atoms with Crippen LogP contribution < -0.4 is 20.5 Å². The number of nitrogens with zero attached hydrogens (tertiary/aromatic N) is 4. The standard InChI is InChI=1S/C20H16FN5O4/c1-29-15-6-8-16(9-7-15)30-11-18(27)24-25-12-22-19-17(20(25)28)10-23-26(19)14-4-2-13(21)3-5-14/h2-10,12H,11H2,1H3,(H,24,27). The Bertz CT molecular complexity index is 1250. The highest BCUT2D eigenvalue weighted by molar-refractivity contribution is 5.85. The fraction of sp³-hybridized carbons (Fsp3) is 0.100. The van der Waals surface area contributed by atoms with Crippen LogP contribution in [0.15, 0.2) is 65.8 Å². The molecule has 4 rings (SSSR count). The van der Waals surface area contributed by atoms with Gasteiger partial charge in [0.05, 0.1) is 19.0 Å². The predicted octanol–water partition coefficient (Wildman–Crippen LogP) is 1.88. The highest BCUT2D eigenvalue weighted by atomic mass is 19.1. The number of aromatic nitrogens is 4. The number of carbonyl (C=O) groups excluding carboxylic acids is 1. The molecule has 0 saturated heterocycles. The smallest absolute Gasteiger partial charge is 0.283 e. The van der Waals surface area contributed by atoms with Crippen molar-refractivity contribution in [3.8, 4) is 17.2 Å². The molecule has 1 N–H and O–H groups in total. The van der Waals surface area contributed by atoms with E-state index in [2.05, 4.69) is 15.5 Å². The van der Waals surface area contributed by atoms with Crippen molar-refractivity contribution in [1.29, 1.82) is 0 Å². The van der Waals surface area contributed by atoms with Crippen molar-refractivity contribution in [2.24, 2.45) is 0 Å². The summed E-state index contributed by atoms with van der Waals surface area (Å²) in [5, 5.41) is 4.33. The topological polar surface area (TPSA) is 100 Å². The molecule has 0 saturated carbocycles. The quantitative estimate of drug-likeness (QED) is 0.522. The molecular weight excluding hydrogens is 393 g/mol. The van der Waals surface area contributed by atoms with Gasteiger partial charge in [-0.2, -0.15) is 5.10 Å². The number of nitrogens with one attached hydrogen (secondary N) is 1. The lowest BCUT2D eigenvalue weighted by atomic mass is 10.3. The van der Waals surface area contributed by atoms with Crippen molar-refractivity contribution < 1.29 is 18.7 Å². The molecule has 152 valence electrons. The second-order valence-corrected chi connectivity index (χ2v) is 6.19. The number of methoxy groups -OCH3 is 1. The van der Waals surface area contributed by atoms with Crippen molar-refractivity contribution >= 4 is 16.9 Å². The molecule has 9 nitrogen and oxygen atoms in total. The van der Waals surface area contributed by atoms with Crippen LogP contribution in [0.5, 0.6) is 11.5 Å². The Morgan fingerprint density at radius 3 is 2.50 bits per heavy atom. The van der Waals surface area contributed by atoms with Crippen molar-refractivity contribution in [2.45, 2.75) is 0 Å². The zero-order valence-corrected chi connectivity index (χ0v) is 15.8. The summed E-state index contributed by atoms with van der Waals surface area (Å²) in [6.45, 7) is -0.300. The van der Waals surface area contributed by atoms with E-state index in [-0.39, 0.29) is 23.5 Å². The number of hydrogen-bond acceptors (Lipinski definition) is 6. The van der Waals surface area contributed by atoms with Gasteiger partial charge in [-0.05, 0) is 48.5 Å². The molecule has 0 bridgehead atoms. The number of ether oxygens (including phenoxy) is 2. The van der Waals surface area contributed by atoms with Crippen molar-refractivity contribution in [3.05, 3.63) is 77.2 Å². The zero-order chi connectivity index (χ0) is 21.1. The first kappa shape index (κ1) is 19.1. The lowest BCUT2D eigenvalue weighted by Gasteiger charge is -2.09. The van der Waals surface area contributed by atoms with E-state index in [1.807, 2.05) is 0 Å². The Balaban J connectivity index is 1.49. The maximum atomic E-state index is 13.1. The van der Waals surface area contributed by atoms with Gasteiger partial charge in [-0.1, -0.05) is 0 Å². The summed E-state index contributed by atoms with van der Waals surface area (Å²) in [6.07, 6.45) is 2.52. The van der Waals surface area contributed by atoms with Gasteiger partial charge in [-0.25, -0.2) is 18.7 Å². The SMILES string of the molecule is COc1ccc(OCC(=O)Nn2cnc3c(cnn3-c3ccc(F)cc3)c2=O)cc1. The van der Waals surface area contributed by atoms with Crippen LogP contribution in [0.1, 0.15) is 0 Å². The number of fused-ring (bicyclic) bond motifs is 1.